The van der Waals surface area contributed by atoms with Crippen molar-refractivity contribution in [2.45, 2.75) is 12.3 Å². The number of nitrogens with zero attached hydrogens (tertiary/aromatic N) is 2. The van der Waals surface area contributed by atoms with Gasteiger partial charge in [-0.15, -0.1) is 0 Å². The topological polar surface area (TPSA) is 66.4 Å². The average molecular weight is 374 g/mol. The average Bonchev–Trinajstić information content (AvgIpc) is 3.04. The minimum atomic E-state index is -0.462. The van der Waals surface area contributed by atoms with Crippen molar-refractivity contribution in [2.24, 2.45) is 4.99 Å². The summed E-state index contributed by atoms with van der Waals surface area (Å²) in [6.07, 6.45) is 5.84. The Kier molecular flexibility index (Phi) is 5.10. The van der Waals surface area contributed by atoms with Crippen molar-refractivity contribution in [3.63, 3.8) is 0 Å². The van der Waals surface area contributed by atoms with Crippen LogP contribution < -0.4 is 10.6 Å². The number of aliphatic imine (C=N–C) groups is 1. The molecule has 0 radical (unpaired) electrons. The van der Waals surface area contributed by atoms with Gasteiger partial charge >= 0.3 is 0 Å². The lowest BCUT2D eigenvalue weighted by Crippen LogP contribution is -2.12. The second-order valence-corrected chi connectivity index (χ2v) is 6.53. The van der Waals surface area contributed by atoms with E-state index in [0.717, 1.165) is 23.2 Å². The smallest absolute Gasteiger partial charge is 0.237 e. The van der Waals surface area contributed by atoms with E-state index < -0.39 is 5.92 Å². The fraction of sp³-hybridized carbons (Fsp3) is 0.136. The minimum Gasteiger partial charge on any atom is -0.382 e. The Morgan fingerprint density at radius 1 is 1.18 bits per heavy atom. The molecule has 0 fully saturated rings. The zero-order valence-corrected chi connectivity index (χ0v) is 15.1. The predicted octanol–water partition coefficient (Wildman–Crippen LogP) is 4.31. The van der Waals surface area contributed by atoms with Crippen LogP contribution in [0, 0.1) is 5.82 Å². The predicted molar refractivity (Wildman–Crippen MR) is 109 cm³/mol. The molecular weight excluding hydrogens is 355 g/mol. The highest BCUT2D eigenvalue weighted by atomic mass is 19.1. The second kappa shape index (κ2) is 8.00. The Morgan fingerprint density at radius 2 is 2.07 bits per heavy atom. The molecule has 28 heavy (non-hydrogen) atoms. The van der Waals surface area contributed by atoms with Crippen LogP contribution in [-0.2, 0) is 11.2 Å². The largest absolute Gasteiger partial charge is 0.382 e. The van der Waals surface area contributed by atoms with Gasteiger partial charge in [0, 0.05) is 36.9 Å². The maximum atomic E-state index is 14.4. The summed E-state index contributed by atoms with van der Waals surface area (Å²) in [6, 6.07) is 16.1. The molecule has 2 aromatic carbocycles. The molecule has 6 heteroatoms. The van der Waals surface area contributed by atoms with Crippen LogP contribution in [0.2, 0.25) is 0 Å². The van der Waals surface area contributed by atoms with Crippen LogP contribution in [-0.4, -0.2) is 23.7 Å². The fourth-order valence-electron chi connectivity index (χ4n) is 3.16. The Bertz CT molecular complexity index is 1020. The van der Waals surface area contributed by atoms with Crippen molar-refractivity contribution in [3.05, 3.63) is 83.9 Å². The molecule has 140 valence electrons. The number of amides is 1. The van der Waals surface area contributed by atoms with Gasteiger partial charge in [-0.05, 0) is 41.8 Å². The molecule has 5 nitrogen and oxygen atoms in total. The lowest BCUT2D eigenvalue weighted by atomic mass is 10.0. The van der Waals surface area contributed by atoms with Crippen molar-refractivity contribution >= 4 is 29.2 Å². The van der Waals surface area contributed by atoms with Crippen LogP contribution >= 0.6 is 0 Å². The Morgan fingerprint density at radius 3 is 2.89 bits per heavy atom. The first-order valence-corrected chi connectivity index (χ1v) is 9.07. The van der Waals surface area contributed by atoms with Gasteiger partial charge in [0.25, 0.3) is 0 Å². The summed E-state index contributed by atoms with van der Waals surface area (Å²) in [5, 5.41) is 5.91. The number of nitrogens with one attached hydrogen (secondary N) is 2. The summed E-state index contributed by atoms with van der Waals surface area (Å²) in [4.78, 5) is 20.5. The molecule has 1 amide bonds. The highest BCUT2D eigenvalue weighted by Crippen LogP contribution is 2.31. The first-order chi connectivity index (χ1) is 13.7. The highest BCUT2D eigenvalue weighted by Gasteiger charge is 2.28. The van der Waals surface area contributed by atoms with Crippen LogP contribution in [0.3, 0.4) is 0 Å². The molecule has 4 rings (SSSR count). The number of hydrogen-bond donors (Lipinski definition) is 2. The van der Waals surface area contributed by atoms with Crippen LogP contribution in [0.4, 0.5) is 21.5 Å². The lowest BCUT2D eigenvalue weighted by Gasteiger charge is -2.08. The van der Waals surface area contributed by atoms with Crippen LogP contribution in [0.25, 0.3) is 0 Å². The van der Waals surface area contributed by atoms with Gasteiger partial charge in [0.05, 0.1) is 11.4 Å². The van der Waals surface area contributed by atoms with Crippen molar-refractivity contribution in [3.8, 4) is 0 Å². The summed E-state index contributed by atoms with van der Waals surface area (Å²) < 4.78 is 14.4. The zero-order valence-electron chi connectivity index (χ0n) is 15.1. The summed E-state index contributed by atoms with van der Waals surface area (Å²) in [5.41, 5.74) is 3.65. The maximum Gasteiger partial charge on any atom is 0.237 e. The molecule has 1 aromatic heterocycles. The van der Waals surface area contributed by atoms with E-state index in [0.29, 0.717) is 17.9 Å². The third-order valence-electron chi connectivity index (χ3n) is 4.61. The normalized spacial score (nSPS) is 15.5. The number of aromatic nitrogens is 1. The fourth-order valence-corrected chi connectivity index (χ4v) is 3.16. The van der Waals surface area contributed by atoms with Gasteiger partial charge < -0.3 is 10.6 Å². The van der Waals surface area contributed by atoms with Crippen LogP contribution in [0.15, 0.2) is 72.0 Å². The molecule has 0 saturated carbocycles. The SMILES string of the molecule is O=C1Nc2ccccc2C1C=Nc1ccc(NCCc2cccnc2)c(F)c1. The summed E-state index contributed by atoms with van der Waals surface area (Å²) >= 11 is 0. The highest BCUT2D eigenvalue weighted by molar-refractivity contribution is 6.12. The molecule has 1 aliphatic rings. The molecular formula is C22H19FN4O. The molecule has 2 N–H and O–H groups in total. The van der Waals surface area contributed by atoms with Crippen molar-refractivity contribution in [1.82, 2.24) is 4.98 Å². The lowest BCUT2D eigenvalue weighted by molar-refractivity contribution is -0.115. The Hall–Kier alpha value is -3.54. The summed E-state index contributed by atoms with van der Waals surface area (Å²) in [7, 11) is 0. The molecule has 3 aromatic rings. The number of para-hydroxylation sites is 1. The second-order valence-electron chi connectivity index (χ2n) is 6.53. The molecule has 1 atom stereocenters. The van der Waals surface area contributed by atoms with Crippen LogP contribution in [0.1, 0.15) is 17.0 Å². The van der Waals surface area contributed by atoms with Gasteiger partial charge in [0.2, 0.25) is 5.91 Å². The molecule has 0 saturated heterocycles. The molecule has 1 aliphatic heterocycles. The van der Waals surface area contributed by atoms with Crippen molar-refractivity contribution in [2.75, 3.05) is 17.2 Å². The number of benzene rings is 2. The van der Waals surface area contributed by atoms with E-state index in [9.17, 15) is 9.18 Å². The maximum absolute atomic E-state index is 14.4. The van der Waals surface area contributed by atoms with E-state index in [1.165, 1.54) is 6.07 Å². The standard InChI is InChI=1S/C22H19FN4O/c23-19-12-16(7-8-21(19)25-11-9-15-4-3-10-24-13-15)26-14-18-17-5-1-2-6-20(17)27-22(18)28/h1-8,10,12-14,18,25H,9,11H2,(H,27,28). The minimum absolute atomic E-state index is 0.126. The Balaban J connectivity index is 1.40. The van der Waals surface area contributed by atoms with Gasteiger partial charge in [0.15, 0.2) is 0 Å². The third kappa shape index (κ3) is 3.91. The van der Waals surface area contributed by atoms with E-state index in [1.54, 1.807) is 30.7 Å². The van der Waals surface area contributed by atoms with E-state index in [2.05, 4.69) is 20.6 Å². The van der Waals surface area contributed by atoms with E-state index >= 15 is 0 Å². The monoisotopic (exact) mass is 374 g/mol. The molecule has 1 unspecified atom stereocenters. The van der Waals surface area contributed by atoms with Gasteiger partial charge in [-0.1, -0.05) is 24.3 Å². The van der Waals surface area contributed by atoms with Gasteiger partial charge in [-0.2, -0.15) is 0 Å². The molecule has 0 bridgehead atoms. The number of fused-ring (bicyclic) bond motifs is 1. The number of carbonyl (C=O) groups excluding carboxylic acids is 1. The van der Waals surface area contributed by atoms with E-state index in [4.69, 9.17) is 0 Å². The number of halogens is 1. The third-order valence-corrected chi connectivity index (χ3v) is 4.61. The number of anilines is 2. The number of hydrogen-bond acceptors (Lipinski definition) is 4. The van der Waals surface area contributed by atoms with Gasteiger partial charge in [-0.3, -0.25) is 14.8 Å². The number of rotatable bonds is 6. The molecule has 0 aliphatic carbocycles. The first kappa shape index (κ1) is 17.9. The Labute approximate surface area is 162 Å². The van der Waals surface area contributed by atoms with E-state index in [1.807, 2.05) is 36.4 Å². The van der Waals surface area contributed by atoms with Crippen molar-refractivity contribution < 1.29 is 9.18 Å². The first-order valence-electron chi connectivity index (χ1n) is 9.07. The summed E-state index contributed by atoms with van der Waals surface area (Å²) in [5.74, 6) is -0.965. The molecule has 2 heterocycles. The van der Waals surface area contributed by atoms with Crippen molar-refractivity contribution in [1.29, 1.82) is 0 Å². The number of carbonyl (C=O) groups is 1. The molecule has 0 spiro atoms. The van der Waals surface area contributed by atoms with Gasteiger partial charge in [0.1, 0.15) is 11.7 Å². The quantitative estimate of drug-likeness (QED) is 0.632. The summed E-state index contributed by atoms with van der Waals surface area (Å²) in [6.45, 7) is 0.601. The number of pyridine rings is 1. The van der Waals surface area contributed by atoms with E-state index in [-0.39, 0.29) is 11.7 Å². The zero-order chi connectivity index (χ0) is 19.3. The van der Waals surface area contributed by atoms with Crippen LogP contribution in [0.5, 0.6) is 0 Å². The van der Waals surface area contributed by atoms with Gasteiger partial charge in [-0.25, -0.2) is 4.39 Å².